The van der Waals surface area contributed by atoms with Crippen LogP contribution in [0.3, 0.4) is 0 Å². The predicted molar refractivity (Wildman–Crippen MR) is 143 cm³/mol. The summed E-state index contributed by atoms with van der Waals surface area (Å²) in [6, 6.07) is 33.2. The molecule has 0 aliphatic carbocycles. The summed E-state index contributed by atoms with van der Waals surface area (Å²) in [5.74, 6) is 0.498. The minimum atomic E-state index is -0.0759. The molecule has 0 atom stereocenters. The van der Waals surface area contributed by atoms with E-state index in [0.717, 1.165) is 22.3 Å². The normalized spacial score (nSPS) is 10.7. The summed E-state index contributed by atoms with van der Waals surface area (Å²) in [7, 11) is 0. The average molecular weight is 485 g/mol. The van der Waals surface area contributed by atoms with Crippen molar-refractivity contribution in [1.29, 1.82) is 0 Å². The molecule has 0 aliphatic heterocycles. The maximum Gasteiger partial charge on any atom is 0.257 e. The molecule has 4 rings (SSSR count). The molecule has 0 saturated heterocycles. The lowest BCUT2D eigenvalue weighted by Crippen LogP contribution is -2.33. The number of nitrogens with two attached hydrogens (primary N) is 1. The first-order chi connectivity index (χ1) is 17.2. The van der Waals surface area contributed by atoms with Gasteiger partial charge in [-0.15, -0.1) is 0 Å². The molecular formula is C30H29ClN2O2. The number of nitrogens with zero attached hydrogens (tertiary/aromatic N) is 1. The van der Waals surface area contributed by atoms with Crippen LogP contribution in [0.1, 0.15) is 27.9 Å². The van der Waals surface area contributed by atoms with Crippen molar-refractivity contribution in [1.82, 2.24) is 4.90 Å². The van der Waals surface area contributed by atoms with Gasteiger partial charge in [-0.1, -0.05) is 90.5 Å². The molecule has 0 bridgehead atoms. The van der Waals surface area contributed by atoms with Gasteiger partial charge in [0.05, 0.1) is 5.56 Å². The molecule has 4 nitrogen and oxygen atoms in total. The second-order valence-electron chi connectivity index (χ2n) is 8.30. The summed E-state index contributed by atoms with van der Waals surface area (Å²) in [5, 5.41) is 0.693. The quantitative estimate of drug-likeness (QED) is 0.276. The van der Waals surface area contributed by atoms with E-state index in [1.807, 2.05) is 95.9 Å². The van der Waals surface area contributed by atoms with Gasteiger partial charge in [0.25, 0.3) is 5.91 Å². The van der Waals surface area contributed by atoms with Crippen molar-refractivity contribution in [3.8, 4) is 16.9 Å². The topological polar surface area (TPSA) is 55.6 Å². The number of carbonyl (C=O) groups excluding carboxylic acids is 1. The lowest BCUT2D eigenvalue weighted by atomic mass is 9.99. The van der Waals surface area contributed by atoms with E-state index < -0.39 is 0 Å². The van der Waals surface area contributed by atoms with E-state index in [0.29, 0.717) is 49.0 Å². The third kappa shape index (κ3) is 6.50. The number of carbonyl (C=O) groups is 1. The molecule has 0 aromatic heterocycles. The minimum absolute atomic E-state index is 0.0759. The van der Waals surface area contributed by atoms with Crippen molar-refractivity contribution in [2.45, 2.75) is 19.6 Å². The van der Waals surface area contributed by atoms with Gasteiger partial charge < -0.3 is 15.4 Å². The lowest BCUT2D eigenvalue weighted by Gasteiger charge is -2.25. The lowest BCUT2D eigenvalue weighted by molar-refractivity contribution is 0.0737. The van der Waals surface area contributed by atoms with Crippen LogP contribution >= 0.6 is 11.6 Å². The van der Waals surface area contributed by atoms with Crippen LogP contribution in [0.4, 0.5) is 0 Å². The van der Waals surface area contributed by atoms with E-state index in [1.54, 1.807) is 0 Å². The zero-order chi connectivity index (χ0) is 24.5. The monoisotopic (exact) mass is 484 g/mol. The van der Waals surface area contributed by atoms with E-state index in [4.69, 9.17) is 22.1 Å². The summed E-state index contributed by atoms with van der Waals surface area (Å²) >= 11 is 6.09. The molecule has 1 amide bonds. The Bertz CT molecular complexity index is 1240. The Hall–Kier alpha value is -3.60. The van der Waals surface area contributed by atoms with Crippen LogP contribution < -0.4 is 10.5 Å². The maximum absolute atomic E-state index is 13.8. The van der Waals surface area contributed by atoms with E-state index >= 15 is 0 Å². The Balaban J connectivity index is 1.59. The number of benzene rings is 4. The Labute approximate surface area is 211 Å². The van der Waals surface area contributed by atoms with Gasteiger partial charge in [0.2, 0.25) is 0 Å². The van der Waals surface area contributed by atoms with E-state index in [1.165, 1.54) is 0 Å². The fourth-order valence-electron chi connectivity index (χ4n) is 3.98. The van der Waals surface area contributed by atoms with Gasteiger partial charge in [0.1, 0.15) is 12.4 Å². The molecular weight excluding hydrogens is 456 g/mol. The molecule has 4 aromatic rings. The summed E-state index contributed by atoms with van der Waals surface area (Å²) < 4.78 is 6.07. The summed E-state index contributed by atoms with van der Waals surface area (Å²) in [6.45, 7) is 1.92. The van der Waals surface area contributed by atoms with Crippen LogP contribution in [0, 0.1) is 0 Å². The van der Waals surface area contributed by atoms with Crippen LogP contribution in [0.25, 0.3) is 11.1 Å². The second-order valence-corrected chi connectivity index (χ2v) is 8.74. The molecule has 0 spiro atoms. The van der Waals surface area contributed by atoms with Gasteiger partial charge in [0, 0.05) is 18.1 Å². The second kappa shape index (κ2) is 12.2. The molecule has 0 radical (unpaired) electrons. The zero-order valence-corrected chi connectivity index (χ0v) is 20.3. The van der Waals surface area contributed by atoms with Gasteiger partial charge in [0.15, 0.2) is 0 Å². The Morgan fingerprint density at radius 3 is 2.29 bits per heavy atom. The highest BCUT2D eigenvalue weighted by atomic mass is 35.5. The molecule has 2 N–H and O–H groups in total. The average Bonchev–Trinajstić information content (AvgIpc) is 2.91. The largest absolute Gasteiger partial charge is 0.488 e. The third-order valence-corrected chi connectivity index (χ3v) is 6.06. The van der Waals surface area contributed by atoms with Gasteiger partial charge in [-0.05, 0) is 59.5 Å². The van der Waals surface area contributed by atoms with Gasteiger partial charge in [-0.2, -0.15) is 0 Å². The van der Waals surface area contributed by atoms with Crippen molar-refractivity contribution in [3.05, 3.63) is 125 Å². The molecule has 5 heteroatoms. The molecule has 35 heavy (non-hydrogen) atoms. The summed E-state index contributed by atoms with van der Waals surface area (Å²) in [4.78, 5) is 15.6. The van der Waals surface area contributed by atoms with Crippen molar-refractivity contribution in [2.75, 3.05) is 13.1 Å². The molecule has 0 saturated carbocycles. The Kier molecular flexibility index (Phi) is 8.55. The van der Waals surface area contributed by atoms with Crippen molar-refractivity contribution in [3.63, 3.8) is 0 Å². The van der Waals surface area contributed by atoms with Crippen molar-refractivity contribution in [2.24, 2.45) is 5.73 Å². The zero-order valence-electron chi connectivity index (χ0n) is 19.6. The number of hydrogen-bond acceptors (Lipinski definition) is 3. The predicted octanol–water partition coefficient (Wildman–Crippen LogP) is 6.58. The number of para-hydroxylation sites is 1. The van der Waals surface area contributed by atoms with Gasteiger partial charge in [-0.25, -0.2) is 0 Å². The number of amides is 1. The Morgan fingerprint density at radius 1 is 0.829 bits per heavy atom. The van der Waals surface area contributed by atoms with Crippen LogP contribution in [0.2, 0.25) is 5.02 Å². The number of hydrogen-bond donors (Lipinski definition) is 1. The van der Waals surface area contributed by atoms with E-state index in [9.17, 15) is 4.79 Å². The first-order valence-corrected chi connectivity index (χ1v) is 12.1. The molecule has 0 unspecified atom stereocenters. The Morgan fingerprint density at radius 2 is 1.51 bits per heavy atom. The standard InChI is InChI=1S/C30H29ClN2O2/c31-26-17-15-24(16-18-26)27-12-5-4-11-25(27)21-33(20-8-19-32)30(34)28-13-6-7-14-29(28)35-22-23-9-2-1-3-10-23/h1-7,9-18H,8,19-22,32H2. The van der Waals surface area contributed by atoms with Gasteiger partial charge >= 0.3 is 0 Å². The smallest absolute Gasteiger partial charge is 0.257 e. The first kappa shape index (κ1) is 24.5. The number of ether oxygens (including phenoxy) is 1. The van der Waals surface area contributed by atoms with Gasteiger partial charge in [-0.3, -0.25) is 4.79 Å². The first-order valence-electron chi connectivity index (χ1n) is 11.7. The van der Waals surface area contributed by atoms with Crippen LogP contribution in [0.15, 0.2) is 103 Å². The molecule has 4 aromatic carbocycles. The van der Waals surface area contributed by atoms with Crippen LogP contribution in [0.5, 0.6) is 5.75 Å². The van der Waals surface area contributed by atoms with E-state index in [2.05, 4.69) is 12.1 Å². The van der Waals surface area contributed by atoms with Crippen LogP contribution in [-0.4, -0.2) is 23.9 Å². The highest BCUT2D eigenvalue weighted by Gasteiger charge is 2.21. The molecule has 0 fully saturated rings. The fourth-order valence-corrected chi connectivity index (χ4v) is 4.11. The fraction of sp³-hybridized carbons (Fsp3) is 0.167. The highest BCUT2D eigenvalue weighted by molar-refractivity contribution is 6.30. The van der Waals surface area contributed by atoms with Crippen molar-refractivity contribution < 1.29 is 9.53 Å². The molecule has 0 heterocycles. The number of rotatable bonds is 10. The third-order valence-electron chi connectivity index (χ3n) is 5.81. The minimum Gasteiger partial charge on any atom is -0.488 e. The van der Waals surface area contributed by atoms with Crippen molar-refractivity contribution >= 4 is 17.5 Å². The highest BCUT2D eigenvalue weighted by Crippen LogP contribution is 2.28. The van der Waals surface area contributed by atoms with Crippen LogP contribution in [-0.2, 0) is 13.2 Å². The number of halogens is 1. The van der Waals surface area contributed by atoms with E-state index in [-0.39, 0.29) is 5.91 Å². The summed E-state index contributed by atoms with van der Waals surface area (Å²) in [5.41, 5.74) is 10.6. The molecule has 0 aliphatic rings. The summed E-state index contributed by atoms with van der Waals surface area (Å²) in [6.07, 6.45) is 0.710. The molecule has 178 valence electrons. The maximum atomic E-state index is 13.8. The SMILES string of the molecule is NCCCN(Cc1ccccc1-c1ccc(Cl)cc1)C(=O)c1ccccc1OCc1ccccc1.